The van der Waals surface area contributed by atoms with Gasteiger partial charge in [-0.1, -0.05) is 37.3 Å². The third-order valence-corrected chi connectivity index (χ3v) is 3.39. The van der Waals surface area contributed by atoms with Gasteiger partial charge in [0.25, 0.3) is 11.8 Å². The van der Waals surface area contributed by atoms with E-state index >= 15 is 0 Å². The first-order valence-electron chi connectivity index (χ1n) is 7.65. The smallest absolute Gasteiger partial charge is 0.272 e. The van der Waals surface area contributed by atoms with Gasteiger partial charge in [0, 0.05) is 31.9 Å². The molecule has 0 saturated carbocycles. The van der Waals surface area contributed by atoms with Crippen molar-refractivity contribution in [2.75, 3.05) is 13.6 Å². The zero-order valence-corrected chi connectivity index (χ0v) is 13.5. The van der Waals surface area contributed by atoms with Gasteiger partial charge in [-0.05, 0) is 24.1 Å². The van der Waals surface area contributed by atoms with E-state index in [1.807, 2.05) is 37.3 Å². The van der Waals surface area contributed by atoms with Gasteiger partial charge >= 0.3 is 0 Å². The van der Waals surface area contributed by atoms with E-state index in [4.69, 9.17) is 0 Å². The molecule has 1 aromatic heterocycles. The van der Waals surface area contributed by atoms with Gasteiger partial charge in [0.2, 0.25) is 0 Å². The topological polar surface area (TPSA) is 62.3 Å². The van der Waals surface area contributed by atoms with Gasteiger partial charge in [0.15, 0.2) is 0 Å². The summed E-state index contributed by atoms with van der Waals surface area (Å²) in [6, 6.07) is 12.9. The van der Waals surface area contributed by atoms with Crippen LogP contribution in [0.25, 0.3) is 0 Å². The summed E-state index contributed by atoms with van der Waals surface area (Å²) in [5.41, 5.74) is 1.76. The van der Waals surface area contributed by atoms with Crippen molar-refractivity contribution in [3.63, 3.8) is 0 Å². The molecule has 23 heavy (non-hydrogen) atoms. The van der Waals surface area contributed by atoms with Crippen molar-refractivity contribution in [2.24, 2.45) is 0 Å². The van der Waals surface area contributed by atoms with E-state index in [1.165, 1.54) is 12.3 Å². The van der Waals surface area contributed by atoms with Crippen LogP contribution < -0.4 is 5.32 Å². The second-order valence-corrected chi connectivity index (χ2v) is 5.33. The first-order valence-corrected chi connectivity index (χ1v) is 7.65. The van der Waals surface area contributed by atoms with Crippen molar-refractivity contribution in [3.8, 4) is 0 Å². The Labute approximate surface area is 136 Å². The average molecular weight is 311 g/mol. The molecule has 0 radical (unpaired) electrons. The highest BCUT2D eigenvalue weighted by atomic mass is 16.2. The van der Waals surface area contributed by atoms with Gasteiger partial charge in [-0.15, -0.1) is 0 Å². The molecule has 0 aliphatic rings. The Balaban J connectivity index is 2.08. The fourth-order valence-corrected chi connectivity index (χ4v) is 2.15. The molecular weight excluding hydrogens is 290 g/mol. The Morgan fingerprint density at radius 1 is 1.17 bits per heavy atom. The van der Waals surface area contributed by atoms with Crippen molar-refractivity contribution < 1.29 is 9.59 Å². The molecule has 5 heteroatoms. The van der Waals surface area contributed by atoms with Crippen LogP contribution in [0.15, 0.2) is 48.7 Å². The van der Waals surface area contributed by atoms with Gasteiger partial charge in [-0.2, -0.15) is 0 Å². The van der Waals surface area contributed by atoms with E-state index in [2.05, 4.69) is 10.3 Å². The van der Waals surface area contributed by atoms with Gasteiger partial charge in [0.05, 0.1) is 0 Å². The van der Waals surface area contributed by atoms with Crippen LogP contribution in [0.2, 0.25) is 0 Å². The van der Waals surface area contributed by atoms with Crippen LogP contribution in [0, 0.1) is 0 Å². The molecule has 5 nitrogen and oxygen atoms in total. The van der Waals surface area contributed by atoms with Gasteiger partial charge < -0.3 is 10.2 Å². The van der Waals surface area contributed by atoms with Crippen molar-refractivity contribution >= 4 is 11.8 Å². The molecule has 0 aliphatic heterocycles. The summed E-state index contributed by atoms with van der Waals surface area (Å²) < 4.78 is 0. The van der Waals surface area contributed by atoms with Crippen LogP contribution in [0.5, 0.6) is 0 Å². The molecule has 0 saturated heterocycles. The van der Waals surface area contributed by atoms with Gasteiger partial charge in [-0.3, -0.25) is 14.6 Å². The van der Waals surface area contributed by atoms with E-state index in [1.54, 1.807) is 18.0 Å². The number of aromatic nitrogens is 1. The number of hydrogen-bond donors (Lipinski definition) is 1. The summed E-state index contributed by atoms with van der Waals surface area (Å²) in [5, 5.41) is 2.79. The largest absolute Gasteiger partial charge is 0.352 e. The molecule has 1 aromatic carbocycles. The average Bonchev–Trinajstić information content (AvgIpc) is 2.60. The quantitative estimate of drug-likeness (QED) is 0.891. The van der Waals surface area contributed by atoms with Crippen LogP contribution in [0.3, 0.4) is 0 Å². The number of amides is 2. The number of rotatable bonds is 6. The molecule has 0 spiro atoms. The Morgan fingerprint density at radius 2 is 1.91 bits per heavy atom. The Bertz CT molecular complexity index is 671. The van der Waals surface area contributed by atoms with E-state index in [9.17, 15) is 9.59 Å². The monoisotopic (exact) mass is 311 g/mol. The predicted octanol–water partition coefficient (Wildman–Crippen LogP) is 2.49. The summed E-state index contributed by atoms with van der Waals surface area (Å²) in [5.74, 6) is -0.395. The second kappa shape index (κ2) is 8.08. The lowest BCUT2D eigenvalue weighted by Gasteiger charge is -2.17. The summed E-state index contributed by atoms with van der Waals surface area (Å²) in [6.07, 6.45) is 2.35. The molecule has 1 N–H and O–H groups in total. The van der Waals surface area contributed by atoms with E-state index in [-0.39, 0.29) is 17.5 Å². The summed E-state index contributed by atoms with van der Waals surface area (Å²) in [4.78, 5) is 30.1. The van der Waals surface area contributed by atoms with Crippen LogP contribution in [0.4, 0.5) is 0 Å². The van der Waals surface area contributed by atoms with Gasteiger partial charge in [0.1, 0.15) is 5.69 Å². The lowest BCUT2D eigenvalue weighted by Crippen LogP contribution is -2.28. The lowest BCUT2D eigenvalue weighted by atomic mass is 10.2. The fourth-order valence-electron chi connectivity index (χ4n) is 2.15. The summed E-state index contributed by atoms with van der Waals surface area (Å²) >= 11 is 0. The number of hydrogen-bond acceptors (Lipinski definition) is 3. The first-order chi connectivity index (χ1) is 11.1. The van der Waals surface area contributed by atoms with E-state index in [0.717, 1.165) is 12.0 Å². The number of nitrogens with one attached hydrogen (secondary N) is 1. The first kappa shape index (κ1) is 16.7. The van der Waals surface area contributed by atoms with Crippen molar-refractivity contribution in [2.45, 2.75) is 19.9 Å². The maximum atomic E-state index is 12.5. The SMILES string of the molecule is CCCNC(=O)c1ccnc(C(=O)N(C)Cc2ccccc2)c1. The maximum Gasteiger partial charge on any atom is 0.272 e. The maximum absolute atomic E-state index is 12.5. The van der Waals surface area contributed by atoms with E-state index < -0.39 is 0 Å². The second-order valence-electron chi connectivity index (χ2n) is 5.33. The van der Waals surface area contributed by atoms with Crippen molar-refractivity contribution in [3.05, 3.63) is 65.5 Å². The number of carbonyl (C=O) groups is 2. The minimum absolute atomic E-state index is 0.186. The highest BCUT2D eigenvalue weighted by Crippen LogP contribution is 2.08. The number of benzene rings is 1. The molecule has 0 aliphatic carbocycles. The zero-order chi connectivity index (χ0) is 16.7. The van der Waals surface area contributed by atoms with Crippen LogP contribution in [-0.4, -0.2) is 35.3 Å². The zero-order valence-electron chi connectivity index (χ0n) is 13.5. The number of carbonyl (C=O) groups excluding carboxylic acids is 2. The summed E-state index contributed by atoms with van der Waals surface area (Å²) in [7, 11) is 1.72. The highest BCUT2D eigenvalue weighted by molar-refractivity contribution is 5.98. The fraction of sp³-hybridized carbons (Fsp3) is 0.278. The molecule has 0 atom stereocenters. The number of nitrogens with zero attached hydrogens (tertiary/aromatic N) is 2. The summed E-state index contributed by atoms with van der Waals surface area (Å²) in [6.45, 7) is 3.09. The van der Waals surface area contributed by atoms with Crippen molar-refractivity contribution in [1.82, 2.24) is 15.2 Å². The Hall–Kier alpha value is -2.69. The highest BCUT2D eigenvalue weighted by Gasteiger charge is 2.15. The lowest BCUT2D eigenvalue weighted by molar-refractivity contribution is 0.0779. The van der Waals surface area contributed by atoms with Crippen LogP contribution >= 0.6 is 0 Å². The molecule has 0 fully saturated rings. The molecule has 2 rings (SSSR count). The molecule has 0 bridgehead atoms. The molecule has 120 valence electrons. The Morgan fingerprint density at radius 3 is 2.61 bits per heavy atom. The molecule has 2 amide bonds. The predicted molar refractivity (Wildman–Crippen MR) is 89.1 cm³/mol. The number of pyridine rings is 1. The molecule has 1 heterocycles. The molecular formula is C18H21N3O2. The van der Waals surface area contributed by atoms with Crippen LogP contribution in [0.1, 0.15) is 39.8 Å². The minimum Gasteiger partial charge on any atom is -0.352 e. The van der Waals surface area contributed by atoms with E-state index in [0.29, 0.717) is 18.7 Å². The van der Waals surface area contributed by atoms with Gasteiger partial charge in [-0.25, -0.2) is 0 Å². The Kier molecular flexibility index (Phi) is 5.86. The third-order valence-electron chi connectivity index (χ3n) is 3.39. The standard InChI is InChI=1S/C18H21N3O2/c1-3-10-20-17(22)15-9-11-19-16(12-15)18(23)21(2)13-14-7-5-4-6-8-14/h4-9,11-12H,3,10,13H2,1-2H3,(H,20,22). The van der Waals surface area contributed by atoms with Crippen molar-refractivity contribution in [1.29, 1.82) is 0 Å². The molecule has 0 unspecified atom stereocenters. The molecule has 2 aromatic rings. The van der Waals surface area contributed by atoms with Crippen LogP contribution in [-0.2, 0) is 6.54 Å². The third kappa shape index (κ3) is 4.64. The minimum atomic E-state index is -0.209. The normalized spacial score (nSPS) is 10.2.